The molecule has 1 aliphatic rings. The fourth-order valence-corrected chi connectivity index (χ4v) is 2.30. The monoisotopic (exact) mass is 201 g/mol. The zero-order chi connectivity index (χ0) is 10.3. The van der Waals surface area contributed by atoms with Gasteiger partial charge in [-0.2, -0.15) is 0 Å². The number of rotatable bonds is 1. The van der Waals surface area contributed by atoms with Gasteiger partial charge in [0.2, 0.25) is 0 Å². The first kappa shape index (κ1) is 10.6. The van der Waals surface area contributed by atoms with E-state index in [1.54, 1.807) is 18.7 Å². The number of hydrogen-bond donors (Lipinski definition) is 1. The molecule has 0 radical (unpaired) electrons. The molecule has 0 aromatic carbocycles. The summed E-state index contributed by atoms with van der Waals surface area (Å²) in [6, 6.07) is 0. The summed E-state index contributed by atoms with van der Waals surface area (Å²) in [4.78, 5) is 15.1. The van der Waals surface area contributed by atoms with Crippen molar-refractivity contribution in [3.05, 3.63) is 0 Å². The van der Waals surface area contributed by atoms with E-state index in [0.29, 0.717) is 5.75 Å². The van der Waals surface area contributed by atoms with Crippen LogP contribution in [-0.2, 0) is 4.79 Å². The average Bonchev–Trinajstić information content (AvgIpc) is 2.31. The molecular formula is C9H15NO2S. The molecule has 0 bridgehead atoms. The second kappa shape index (κ2) is 3.01. The van der Waals surface area contributed by atoms with Crippen LogP contribution in [0.3, 0.4) is 0 Å². The summed E-state index contributed by atoms with van der Waals surface area (Å²) in [5.41, 5.74) is -0.939. The molecule has 0 fully saturated rings. The smallest absolute Gasteiger partial charge is 0.332 e. The van der Waals surface area contributed by atoms with Crippen molar-refractivity contribution in [3.8, 4) is 0 Å². The number of carbonyl (C=O) groups is 1. The van der Waals surface area contributed by atoms with Gasteiger partial charge in [-0.05, 0) is 6.92 Å². The zero-order valence-electron chi connectivity index (χ0n) is 8.42. The van der Waals surface area contributed by atoms with Gasteiger partial charge in [0.15, 0.2) is 5.54 Å². The third-order valence-corrected chi connectivity index (χ3v) is 3.62. The van der Waals surface area contributed by atoms with Crippen LogP contribution in [0.4, 0.5) is 0 Å². The Balaban J connectivity index is 2.92. The number of thioether (sulfide) groups is 1. The fraction of sp³-hybridized carbons (Fsp3) is 0.778. The van der Waals surface area contributed by atoms with Crippen molar-refractivity contribution >= 4 is 22.8 Å². The van der Waals surface area contributed by atoms with Crippen LogP contribution in [0.2, 0.25) is 0 Å². The molecule has 0 saturated carbocycles. The van der Waals surface area contributed by atoms with Crippen molar-refractivity contribution in [2.24, 2.45) is 10.4 Å². The molecule has 0 spiro atoms. The lowest BCUT2D eigenvalue weighted by molar-refractivity contribution is -0.141. The largest absolute Gasteiger partial charge is 0.479 e. The topological polar surface area (TPSA) is 49.7 Å². The third-order valence-electron chi connectivity index (χ3n) is 1.94. The van der Waals surface area contributed by atoms with E-state index in [1.165, 1.54) is 0 Å². The highest BCUT2D eigenvalue weighted by molar-refractivity contribution is 8.14. The lowest BCUT2D eigenvalue weighted by Crippen LogP contribution is -2.33. The van der Waals surface area contributed by atoms with Crippen LogP contribution in [0.1, 0.15) is 27.7 Å². The van der Waals surface area contributed by atoms with Gasteiger partial charge in [0.05, 0.1) is 5.04 Å². The van der Waals surface area contributed by atoms with Gasteiger partial charge in [0, 0.05) is 11.2 Å². The van der Waals surface area contributed by atoms with Gasteiger partial charge in [-0.25, -0.2) is 4.79 Å². The van der Waals surface area contributed by atoms with Crippen LogP contribution in [0.15, 0.2) is 4.99 Å². The summed E-state index contributed by atoms with van der Waals surface area (Å²) in [5, 5.41) is 9.88. The van der Waals surface area contributed by atoms with E-state index in [2.05, 4.69) is 4.99 Å². The molecule has 1 heterocycles. The molecule has 0 aliphatic carbocycles. The number of nitrogens with zero attached hydrogens (tertiary/aromatic N) is 1. The summed E-state index contributed by atoms with van der Waals surface area (Å²) >= 11 is 1.55. The first-order chi connectivity index (χ1) is 5.76. The van der Waals surface area contributed by atoms with E-state index in [-0.39, 0.29) is 5.41 Å². The van der Waals surface area contributed by atoms with E-state index in [4.69, 9.17) is 5.11 Å². The van der Waals surface area contributed by atoms with Crippen molar-refractivity contribution in [1.29, 1.82) is 0 Å². The first-order valence-electron chi connectivity index (χ1n) is 4.22. The number of aliphatic imine (C=N–C) groups is 1. The molecule has 0 amide bonds. The van der Waals surface area contributed by atoms with Crippen molar-refractivity contribution in [3.63, 3.8) is 0 Å². The molecular weight excluding hydrogens is 186 g/mol. The predicted molar refractivity (Wildman–Crippen MR) is 55.4 cm³/mol. The van der Waals surface area contributed by atoms with E-state index in [9.17, 15) is 4.79 Å². The third kappa shape index (κ3) is 2.05. The Morgan fingerprint density at radius 3 is 2.38 bits per heavy atom. The Bertz CT molecular complexity index is 267. The summed E-state index contributed by atoms with van der Waals surface area (Å²) < 4.78 is 0. The number of carboxylic acids is 1. The minimum atomic E-state index is -0.909. The molecule has 0 aromatic heterocycles. The van der Waals surface area contributed by atoms with E-state index < -0.39 is 11.5 Å². The second-order valence-corrected chi connectivity index (χ2v) is 5.50. The molecule has 3 nitrogen and oxygen atoms in total. The Morgan fingerprint density at radius 2 is 2.15 bits per heavy atom. The molecule has 1 N–H and O–H groups in total. The Morgan fingerprint density at radius 1 is 1.62 bits per heavy atom. The molecule has 74 valence electrons. The molecule has 0 saturated heterocycles. The highest BCUT2D eigenvalue weighted by Crippen LogP contribution is 2.35. The Kier molecular flexibility index (Phi) is 2.45. The first-order valence-corrected chi connectivity index (χ1v) is 5.21. The molecule has 13 heavy (non-hydrogen) atoms. The summed E-state index contributed by atoms with van der Waals surface area (Å²) in [6.07, 6.45) is 0. The van der Waals surface area contributed by atoms with E-state index in [0.717, 1.165) is 5.04 Å². The van der Waals surface area contributed by atoms with Gasteiger partial charge in [-0.15, -0.1) is 11.8 Å². The number of carboxylic acid groups (broad SMARTS) is 1. The van der Waals surface area contributed by atoms with Gasteiger partial charge in [-0.1, -0.05) is 20.8 Å². The maximum absolute atomic E-state index is 10.9. The highest BCUT2D eigenvalue weighted by atomic mass is 32.2. The summed E-state index contributed by atoms with van der Waals surface area (Å²) in [7, 11) is 0. The Labute approximate surface area is 82.6 Å². The number of hydrogen-bond acceptors (Lipinski definition) is 3. The molecule has 1 aliphatic heterocycles. The summed E-state index contributed by atoms with van der Waals surface area (Å²) in [5.74, 6) is -0.283. The Hall–Kier alpha value is -0.510. The number of aliphatic carboxylic acids is 1. The molecule has 0 aromatic rings. The normalized spacial score (nSPS) is 28.8. The maximum atomic E-state index is 10.9. The van der Waals surface area contributed by atoms with Crippen LogP contribution in [-0.4, -0.2) is 27.4 Å². The standard InChI is InChI=1S/C9H15NO2S/c1-8(2,3)6-10-9(4,5-13-6)7(11)12/h5H2,1-4H3,(H,11,12)/t9-/m0/s1. The van der Waals surface area contributed by atoms with Crippen LogP contribution in [0.25, 0.3) is 0 Å². The van der Waals surface area contributed by atoms with Crippen molar-refractivity contribution in [2.45, 2.75) is 33.2 Å². The quantitative estimate of drug-likeness (QED) is 0.706. The summed E-state index contributed by atoms with van der Waals surface area (Å²) in [6.45, 7) is 7.81. The van der Waals surface area contributed by atoms with E-state index in [1.807, 2.05) is 20.8 Å². The van der Waals surface area contributed by atoms with Gasteiger partial charge in [-0.3, -0.25) is 4.99 Å². The maximum Gasteiger partial charge on any atom is 0.332 e. The van der Waals surface area contributed by atoms with Crippen LogP contribution in [0.5, 0.6) is 0 Å². The van der Waals surface area contributed by atoms with Crippen LogP contribution in [0, 0.1) is 5.41 Å². The molecule has 1 rings (SSSR count). The minimum absolute atomic E-state index is 0.0299. The zero-order valence-corrected chi connectivity index (χ0v) is 9.23. The highest BCUT2D eigenvalue weighted by Gasteiger charge is 2.40. The minimum Gasteiger partial charge on any atom is -0.479 e. The second-order valence-electron chi connectivity index (χ2n) is 4.53. The van der Waals surface area contributed by atoms with Gasteiger partial charge in [0.1, 0.15) is 0 Å². The predicted octanol–water partition coefficient (Wildman–Crippen LogP) is 2.02. The van der Waals surface area contributed by atoms with Crippen LogP contribution >= 0.6 is 11.8 Å². The van der Waals surface area contributed by atoms with Gasteiger partial charge in [0.25, 0.3) is 0 Å². The molecule has 1 atom stereocenters. The molecule has 4 heteroatoms. The average molecular weight is 201 g/mol. The lowest BCUT2D eigenvalue weighted by Gasteiger charge is -2.17. The van der Waals surface area contributed by atoms with Crippen molar-refractivity contribution in [2.75, 3.05) is 5.75 Å². The molecule has 0 unspecified atom stereocenters. The van der Waals surface area contributed by atoms with Gasteiger partial charge < -0.3 is 5.11 Å². The van der Waals surface area contributed by atoms with E-state index >= 15 is 0 Å². The fourth-order valence-electron chi connectivity index (χ4n) is 0.991. The van der Waals surface area contributed by atoms with Crippen molar-refractivity contribution in [1.82, 2.24) is 0 Å². The SMILES string of the molecule is CC(C)(C)C1=N[C@](C)(C(=O)O)CS1. The lowest BCUT2D eigenvalue weighted by atomic mass is 9.97. The van der Waals surface area contributed by atoms with Crippen molar-refractivity contribution < 1.29 is 9.90 Å². The van der Waals surface area contributed by atoms with Gasteiger partial charge >= 0.3 is 5.97 Å². The van der Waals surface area contributed by atoms with Crippen LogP contribution < -0.4 is 0 Å².